The Bertz CT molecular complexity index is 1730. The van der Waals surface area contributed by atoms with Crippen molar-refractivity contribution in [3.05, 3.63) is 70.6 Å². The number of benzene rings is 2. The Balaban J connectivity index is 0.000000388. The summed E-state index contributed by atoms with van der Waals surface area (Å²) in [7, 11) is 0. The largest absolute Gasteiger partial charge is 0.512 e. The van der Waals surface area contributed by atoms with Gasteiger partial charge in [0.25, 0.3) is 0 Å². The number of halogens is 6. The van der Waals surface area contributed by atoms with Crippen molar-refractivity contribution in [2.45, 2.75) is 92.4 Å². The van der Waals surface area contributed by atoms with Gasteiger partial charge in [0.15, 0.2) is 5.78 Å². The molecule has 0 aliphatic heterocycles. The van der Waals surface area contributed by atoms with E-state index in [1.807, 2.05) is 25.1 Å². The first-order chi connectivity index (χ1) is 21.0. The molecule has 0 fully saturated rings. The van der Waals surface area contributed by atoms with Crippen molar-refractivity contribution in [2.75, 3.05) is 0 Å². The van der Waals surface area contributed by atoms with Crippen molar-refractivity contribution >= 4 is 38.1 Å². The number of aryl methyl sites for hydroxylation is 2. The first-order valence-corrected chi connectivity index (χ1v) is 15.6. The van der Waals surface area contributed by atoms with Crippen LogP contribution >= 0.6 is 11.3 Å². The number of aromatic nitrogens is 2. The van der Waals surface area contributed by atoms with Crippen molar-refractivity contribution in [3.63, 3.8) is 0 Å². The topological polar surface area (TPSA) is 63.1 Å². The van der Waals surface area contributed by atoms with Gasteiger partial charge in [-0.2, -0.15) is 26.3 Å². The molecule has 0 aliphatic rings. The molecule has 4 aromatic rings. The molecule has 12 heteroatoms. The normalized spacial score (nSPS) is 13.0. The molecule has 0 unspecified atom stereocenters. The molecule has 4 rings (SSSR count). The minimum atomic E-state index is -4.61. The van der Waals surface area contributed by atoms with Crippen molar-refractivity contribution in [2.24, 2.45) is 11.3 Å². The van der Waals surface area contributed by atoms with E-state index in [4.69, 9.17) is 0 Å². The zero-order valence-electron chi connectivity index (χ0n) is 27.5. The zero-order chi connectivity index (χ0) is 34.8. The number of thiophene rings is 1. The zero-order valence-corrected chi connectivity index (χ0v) is 30.7. The summed E-state index contributed by atoms with van der Waals surface area (Å²) in [4.78, 5) is 20.9. The minimum Gasteiger partial charge on any atom is -0.512 e. The number of allylic oxidation sites excluding steroid dienone is 2. The van der Waals surface area contributed by atoms with E-state index in [9.17, 15) is 36.2 Å². The molecule has 0 bridgehead atoms. The van der Waals surface area contributed by atoms with Crippen LogP contribution in [0.2, 0.25) is 0 Å². The van der Waals surface area contributed by atoms with Gasteiger partial charge in [-0.15, -0.1) is 40.5 Å². The van der Waals surface area contributed by atoms with Gasteiger partial charge in [0.2, 0.25) is 0 Å². The Labute approximate surface area is 289 Å². The number of carbonyl (C=O) groups excluding carboxylic acids is 1. The van der Waals surface area contributed by atoms with Gasteiger partial charge in [0, 0.05) is 54.3 Å². The van der Waals surface area contributed by atoms with Crippen LogP contribution < -0.4 is 0 Å². The predicted octanol–water partition coefficient (Wildman–Crippen LogP) is 11.0. The summed E-state index contributed by atoms with van der Waals surface area (Å²) in [5, 5.41) is 11.4. The molecule has 0 spiro atoms. The average molecular weight is 858 g/mol. The summed E-state index contributed by atoms with van der Waals surface area (Å²) in [5.74, 6) is -1.35. The van der Waals surface area contributed by atoms with Gasteiger partial charge >= 0.3 is 12.4 Å². The minimum absolute atomic E-state index is 0. The Morgan fingerprint density at radius 3 is 2.19 bits per heavy atom. The smallest absolute Gasteiger partial charge is 0.401 e. The van der Waals surface area contributed by atoms with Gasteiger partial charge in [-0.3, -0.25) is 9.78 Å². The van der Waals surface area contributed by atoms with Crippen LogP contribution in [0, 0.1) is 24.3 Å². The van der Waals surface area contributed by atoms with Crippen molar-refractivity contribution in [1.29, 1.82) is 0 Å². The maximum atomic E-state index is 12.7. The number of fused-ring (bicyclic) bond motifs is 2. The molecule has 0 amide bonds. The van der Waals surface area contributed by atoms with E-state index < -0.39 is 30.0 Å². The van der Waals surface area contributed by atoms with E-state index >= 15 is 0 Å². The Kier molecular flexibility index (Phi) is 13.0. The van der Waals surface area contributed by atoms with Gasteiger partial charge in [0.1, 0.15) is 11.7 Å². The van der Waals surface area contributed by atoms with Crippen LogP contribution in [0.25, 0.3) is 32.2 Å². The average Bonchev–Trinajstić information content (AvgIpc) is 3.25. The fourth-order valence-corrected chi connectivity index (χ4v) is 5.94. The number of nitrogens with zero attached hydrogens (tertiary/aromatic N) is 2. The first-order valence-electron chi connectivity index (χ1n) is 14.8. The molecule has 0 aliphatic carbocycles. The van der Waals surface area contributed by atoms with Crippen LogP contribution in [-0.4, -0.2) is 33.2 Å². The number of ketones is 1. The molecule has 2 heterocycles. The first kappa shape index (κ1) is 40.4. The number of aliphatic hydroxyl groups is 1. The number of alkyl halides is 6. The van der Waals surface area contributed by atoms with Crippen LogP contribution in [0.5, 0.6) is 0 Å². The fraction of sp³-hybridized carbons (Fsp3) is 0.457. The van der Waals surface area contributed by atoms with Crippen LogP contribution in [0.1, 0.15) is 77.3 Å². The van der Waals surface area contributed by atoms with E-state index in [0.717, 1.165) is 51.7 Å². The number of hydrogen-bond donors (Lipinski definition) is 1. The van der Waals surface area contributed by atoms with Gasteiger partial charge in [0.05, 0.1) is 11.3 Å². The number of hydrogen-bond acceptors (Lipinski definition) is 5. The number of rotatable bonds is 7. The van der Waals surface area contributed by atoms with E-state index in [-0.39, 0.29) is 50.0 Å². The van der Waals surface area contributed by atoms with Gasteiger partial charge in [-0.05, 0) is 44.1 Å². The molecule has 2 aromatic carbocycles. The molecule has 0 saturated carbocycles. The molecule has 1 radical (unpaired) electrons. The molecule has 0 saturated heterocycles. The monoisotopic (exact) mass is 858 g/mol. The van der Waals surface area contributed by atoms with E-state index in [1.54, 1.807) is 13.8 Å². The van der Waals surface area contributed by atoms with Crippen molar-refractivity contribution in [1.82, 2.24) is 9.97 Å². The second kappa shape index (κ2) is 15.2. The Morgan fingerprint density at radius 2 is 1.64 bits per heavy atom. The second-order valence-corrected chi connectivity index (χ2v) is 14.4. The summed E-state index contributed by atoms with van der Waals surface area (Å²) in [6, 6.07) is 13.7. The van der Waals surface area contributed by atoms with Crippen LogP contribution in [0.4, 0.5) is 26.3 Å². The van der Waals surface area contributed by atoms with Crippen LogP contribution in [-0.2, 0) is 36.7 Å². The summed E-state index contributed by atoms with van der Waals surface area (Å²) < 4.78 is 76.5. The van der Waals surface area contributed by atoms with Gasteiger partial charge in [-0.1, -0.05) is 63.8 Å². The number of aliphatic hydroxyl groups excluding tert-OH is 1. The van der Waals surface area contributed by atoms with Gasteiger partial charge in [-0.25, -0.2) is 4.98 Å². The molecule has 0 atom stereocenters. The summed E-state index contributed by atoms with van der Waals surface area (Å²) in [6.45, 7) is 13.5. The molecule has 4 nitrogen and oxygen atoms in total. The van der Waals surface area contributed by atoms with Crippen molar-refractivity contribution in [3.8, 4) is 11.3 Å². The van der Waals surface area contributed by atoms with Crippen LogP contribution in [0.15, 0.2) is 48.5 Å². The van der Waals surface area contributed by atoms with Crippen molar-refractivity contribution < 1.29 is 56.3 Å². The molecule has 2 aromatic heterocycles. The quantitative estimate of drug-likeness (QED) is 0.0870. The fourth-order valence-electron chi connectivity index (χ4n) is 4.68. The van der Waals surface area contributed by atoms with Gasteiger partial charge < -0.3 is 5.11 Å². The third-order valence-electron chi connectivity index (χ3n) is 7.52. The van der Waals surface area contributed by atoms with E-state index in [2.05, 4.69) is 48.9 Å². The Hall–Kier alpha value is -2.82. The summed E-state index contributed by atoms with van der Waals surface area (Å²) in [5.41, 5.74) is 1.73. The molecule has 259 valence electrons. The molecule has 1 N–H and O–H groups in total. The van der Waals surface area contributed by atoms with E-state index in [1.165, 1.54) is 23.2 Å². The third kappa shape index (κ3) is 10.1. The van der Waals surface area contributed by atoms with Crippen LogP contribution in [0.3, 0.4) is 0 Å². The molecule has 47 heavy (non-hydrogen) atoms. The molecular formula is C35H39F6IrN2O2S-. The number of carbonyl (C=O) groups is 1. The SMILES string of the molecule is CC(C)C/C(O)=C/C(=O)C(C)(C)C(F)(F)F.Cc1c(CCC(F)(F)F)sc2c(-c3[c-]c4ccccc4c(C(C)(C)C)c3)ncnc12.[Ir]. The van der Waals surface area contributed by atoms with E-state index in [0.29, 0.717) is 11.0 Å². The third-order valence-corrected chi connectivity index (χ3v) is 8.86. The summed E-state index contributed by atoms with van der Waals surface area (Å²) >= 11 is 1.36. The maximum Gasteiger partial charge on any atom is 0.401 e. The Morgan fingerprint density at radius 1 is 1.02 bits per heavy atom. The summed E-state index contributed by atoms with van der Waals surface area (Å²) in [6.07, 6.45) is -7.30. The maximum absolute atomic E-state index is 12.7. The standard InChI is InChI=1S/C24H22F3N2S.C11H17F3O2.Ir/c1-14-19(9-10-24(25,26)27)30-22-20(14)28-13-29-21(22)16-11-15-7-5-6-8-17(15)18(12-16)23(2,3)4;1-7(2)5-8(15)6-9(16)10(3,4)11(12,13)14;/h5-8,12-13H,9-10H2,1-4H3;6-7,15H,5H2,1-4H3;/q-1;;/b;8-6-;. The predicted molar refractivity (Wildman–Crippen MR) is 172 cm³/mol. The molecular weight excluding hydrogens is 819 g/mol. The second-order valence-electron chi connectivity index (χ2n) is 13.3.